The lowest BCUT2D eigenvalue weighted by molar-refractivity contribution is 0.00622. The van der Waals surface area contributed by atoms with E-state index in [1.807, 2.05) is 0 Å². The van der Waals surface area contributed by atoms with Gasteiger partial charge < -0.3 is 19.6 Å². The molecule has 1 heterocycles. The average Bonchev–Trinajstić information content (AvgIpc) is 3.19. The summed E-state index contributed by atoms with van der Waals surface area (Å²) in [5, 5.41) is 10.4. The number of aliphatic hydroxyl groups excluding tert-OH is 1. The number of esters is 2. The summed E-state index contributed by atoms with van der Waals surface area (Å²) >= 11 is 0. The molecule has 0 unspecified atom stereocenters. The number of aliphatic hydroxyl groups is 1. The Bertz CT molecular complexity index is 607. The predicted octanol–water partition coefficient (Wildman–Crippen LogP) is 2.90. The molecule has 6 nitrogen and oxygen atoms in total. The quantitative estimate of drug-likeness (QED) is 0.813. The first-order valence-corrected chi connectivity index (χ1v) is 7.96. The van der Waals surface area contributed by atoms with Gasteiger partial charge in [0.25, 0.3) is 0 Å². The molecule has 1 aliphatic rings. The van der Waals surface area contributed by atoms with E-state index in [2.05, 4.69) is 4.98 Å². The molecule has 0 amide bonds. The van der Waals surface area contributed by atoms with Crippen molar-refractivity contribution in [1.29, 1.82) is 0 Å². The number of rotatable bonds is 5. The van der Waals surface area contributed by atoms with Gasteiger partial charge in [0, 0.05) is 0 Å². The molecule has 6 heteroatoms. The van der Waals surface area contributed by atoms with Crippen LogP contribution >= 0.6 is 0 Å². The summed E-state index contributed by atoms with van der Waals surface area (Å²) < 4.78 is 10.4. The van der Waals surface area contributed by atoms with Crippen molar-refractivity contribution in [1.82, 2.24) is 4.98 Å². The first kappa shape index (κ1) is 17.5. The van der Waals surface area contributed by atoms with E-state index in [9.17, 15) is 14.7 Å². The number of H-pyrrole nitrogens is 1. The van der Waals surface area contributed by atoms with Gasteiger partial charge in [0.05, 0.1) is 24.0 Å². The zero-order valence-corrected chi connectivity index (χ0v) is 14.4. The smallest absolute Gasteiger partial charge is 0.355 e. The number of aromatic nitrogens is 1. The minimum Gasteiger partial charge on any atom is -0.462 e. The molecule has 0 radical (unpaired) electrons. The Morgan fingerprint density at radius 1 is 1.30 bits per heavy atom. The second kappa shape index (κ2) is 6.35. The minimum absolute atomic E-state index is 0.118. The van der Waals surface area contributed by atoms with Gasteiger partial charge in [-0.3, -0.25) is 0 Å². The third-order valence-electron chi connectivity index (χ3n) is 3.73. The van der Waals surface area contributed by atoms with Gasteiger partial charge in [-0.2, -0.15) is 0 Å². The monoisotopic (exact) mass is 323 g/mol. The number of aromatic amines is 1. The zero-order valence-electron chi connectivity index (χ0n) is 14.4. The molecule has 0 bridgehead atoms. The molecule has 2 N–H and O–H groups in total. The Morgan fingerprint density at radius 3 is 2.39 bits per heavy atom. The molecule has 1 atom stereocenters. The molecule has 1 aromatic heterocycles. The van der Waals surface area contributed by atoms with Gasteiger partial charge in [-0.1, -0.05) is 0 Å². The van der Waals surface area contributed by atoms with Gasteiger partial charge >= 0.3 is 11.9 Å². The van der Waals surface area contributed by atoms with Gasteiger partial charge in [-0.15, -0.1) is 0 Å². The normalized spacial score (nSPS) is 16.1. The summed E-state index contributed by atoms with van der Waals surface area (Å²) in [6.45, 7) is 8.92. The third-order valence-corrected chi connectivity index (χ3v) is 3.73. The van der Waals surface area contributed by atoms with Gasteiger partial charge in [0.1, 0.15) is 11.3 Å². The van der Waals surface area contributed by atoms with Crippen LogP contribution in [-0.4, -0.2) is 34.2 Å². The maximum Gasteiger partial charge on any atom is 0.355 e. The van der Waals surface area contributed by atoms with Gasteiger partial charge in [-0.05, 0) is 58.9 Å². The molecule has 128 valence electrons. The maximum absolute atomic E-state index is 12.3. The fraction of sp³-hybridized carbons (Fsp3) is 0.647. The van der Waals surface area contributed by atoms with Crippen LogP contribution in [0.3, 0.4) is 0 Å². The van der Waals surface area contributed by atoms with Crippen LogP contribution in [0.2, 0.25) is 0 Å². The van der Waals surface area contributed by atoms with Crippen molar-refractivity contribution in [3.8, 4) is 0 Å². The molecule has 23 heavy (non-hydrogen) atoms. The number of hydrogen-bond acceptors (Lipinski definition) is 5. The number of carbonyl (C=O) groups excluding carboxylic acids is 2. The second-order valence-electron chi connectivity index (χ2n) is 6.92. The number of hydrogen-bond donors (Lipinski definition) is 2. The van der Waals surface area contributed by atoms with Crippen LogP contribution in [0.1, 0.15) is 78.7 Å². The van der Waals surface area contributed by atoms with Crippen molar-refractivity contribution in [2.45, 2.75) is 59.2 Å². The molecule has 0 aliphatic heterocycles. The van der Waals surface area contributed by atoms with Gasteiger partial charge in [0.15, 0.2) is 0 Å². The molecule has 1 aliphatic carbocycles. The lowest BCUT2D eigenvalue weighted by Gasteiger charge is -2.19. The molecule has 2 rings (SSSR count). The Morgan fingerprint density at radius 2 is 1.91 bits per heavy atom. The minimum atomic E-state index is -0.802. The van der Waals surface area contributed by atoms with Crippen molar-refractivity contribution in [3.05, 3.63) is 22.5 Å². The Labute approximate surface area is 136 Å². The highest BCUT2D eigenvalue weighted by Gasteiger charge is 2.37. The van der Waals surface area contributed by atoms with E-state index in [0.29, 0.717) is 11.3 Å². The second-order valence-corrected chi connectivity index (χ2v) is 6.92. The molecule has 1 saturated carbocycles. The molecule has 0 saturated heterocycles. The number of carbonyl (C=O) groups is 2. The first-order chi connectivity index (χ1) is 10.7. The van der Waals surface area contributed by atoms with Crippen molar-refractivity contribution in [2.24, 2.45) is 5.92 Å². The van der Waals surface area contributed by atoms with Crippen LogP contribution in [-0.2, 0) is 9.47 Å². The van der Waals surface area contributed by atoms with E-state index >= 15 is 0 Å². The van der Waals surface area contributed by atoms with E-state index in [1.54, 1.807) is 34.6 Å². The van der Waals surface area contributed by atoms with E-state index in [-0.39, 0.29) is 23.8 Å². The van der Waals surface area contributed by atoms with Crippen molar-refractivity contribution in [3.63, 3.8) is 0 Å². The highest BCUT2D eigenvalue weighted by atomic mass is 16.6. The fourth-order valence-electron chi connectivity index (χ4n) is 2.49. The SMILES string of the molecule is CCOC(=O)c1c([C@H](O)C2CC2)[nH]c(C(=O)OC(C)(C)C)c1C. The molecule has 0 spiro atoms. The van der Waals surface area contributed by atoms with E-state index in [1.165, 1.54) is 0 Å². The summed E-state index contributed by atoms with van der Waals surface area (Å²) in [5.74, 6) is -0.965. The van der Waals surface area contributed by atoms with Crippen LogP contribution in [0.25, 0.3) is 0 Å². The standard InChI is InChI=1S/C17H25NO5/c1-6-22-15(20)11-9(2)12(16(21)23-17(3,4)5)18-13(11)14(19)10-7-8-10/h10,14,18-19H,6-8H2,1-5H3/t14-/m1/s1. The number of nitrogens with one attached hydrogen (secondary N) is 1. The highest BCUT2D eigenvalue weighted by Crippen LogP contribution is 2.42. The summed E-state index contributed by atoms with van der Waals surface area (Å²) in [7, 11) is 0. The van der Waals surface area contributed by atoms with Crippen molar-refractivity contribution >= 4 is 11.9 Å². The average molecular weight is 323 g/mol. The van der Waals surface area contributed by atoms with Crippen molar-refractivity contribution in [2.75, 3.05) is 6.61 Å². The summed E-state index contributed by atoms with van der Waals surface area (Å²) in [6.07, 6.45) is 1.01. The summed E-state index contributed by atoms with van der Waals surface area (Å²) in [6, 6.07) is 0. The van der Waals surface area contributed by atoms with E-state index in [0.717, 1.165) is 12.8 Å². The Balaban J connectivity index is 2.42. The largest absolute Gasteiger partial charge is 0.462 e. The van der Waals surface area contributed by atoms with Crippen LogP contribution in [0.15, 0.2) is 0 Å². The highest BCUT2D eigenvalue weighted by molar-refractivity contribution is 5.98. The molecule has 1 aromatic rings. The van der Waals surface area contributed by atoms with E-state index < -0.39 is 23.6 Å². The van der Waals surface area contributed by atoms with Crippen LogP contribution in [0.5, 0.6) is 0 Å². The Hall–Kier alpha value is -1.82. The summed E-state index contributed by atoms with van der Waals surface area (Å²) in [4.78, 5) is 27.5. The van der Waals surface area contributed by atoms with Gasteiger partial charge in [-0.25, -0.2) is 9.59 Å². The lowest BCUT2D eigenvalue weighted by Crippen LogP contribution is -2.24. The molecule has 0 aromatic carbocycles. The molecule has 1 fully saturated rings. The maximum atomic E-state index is 12.3. The predicted molar refractivity (Wildman–Crippen MR) is 84.3 cm³/mol. The molecular formula is C17H25NO5. The number of ether oxygens (including phenoxy) is 2. The first-order valence-electron chi connectivity index (χ1n) is 7.96. The van der Waals surface area contributed by atoms with Crippen molar-refractivity contribution < 1.29 is 24.2 Å². The fourth-order valence-corrected chi connectivity index (χ4v) is 2.49. The van der Waals surface area contributed by atoms with E-state index in [4.69, 9.17) is 9.47 Å². The van der Waals surface area contributed by atoms with Crippen LogP contribution in [0.4, 0.5) is 0 Å². The van der Waals surface area contributed by atoms with Crippen LogP contribution in [0, 0.1) is 12.8 Å². The van der Waals surface area contributed by atoms with Gasteiger partial charge in [0.2, 0.25) is 0 Å². The lowest BCUT2D eigenvalue weighted by atomic mass is 10.0. The third kappa shape index (κ3) is 3.93. The topological polar surface area (TPSA) is 88.6 Å². The van der Waals surface area contributed by atoms with Crippen LogP contribution < -0.4 is 0 Å². The zero-order chi connectivity index (χ0) is 17.4. The Kier molecular flexibility index (Phi) is 4.84. The molecular weight excluding hydrogens is 298 g/mol. The summed E-state index contributed by atoms with van der Waals surface area (Å²) in [5.41, 5.74) is 0.593.